The van der Waals surface area contributed by atoms with Gasteiger partial charge in [-0.3, -0.25) is 14.9 Å². The second-order valence-corrected chi connectivity index (χ2v) is 5.53. The van der Waals surface area contributed by atoms with Gasteiger partial charge >= 0.3 is 0 Å². The summed E-state index contributed by atoms with van der Waals surface area (Å²) in [5, 5.41) is 10.7. The minimum Gasteiger partial charge on any atom is -0.393 e. The fraction of sp³-hybridized carbons (Fsp3) is 0.533. The fourth-order valence-corrected chi connectivity index (χ4v) is 2.81. The lowest BCUT2D eigenvalue weighted by atomic mass is 9.98. The van der Waals surface area contributed by atoms with Crippen molar-refractivity contribution >= 4 is 17.3 Å². The Kier molecular flexibility index (Phi) is 4.77. The van der Waals surface area contributed by atoms with E-state index in [1.54, 1.807) is 0 Å². The van der Waals surface area contributed by atoms with Crippen LogP contribution in [-0.4, -0.2) is 28.8 Å². The third kappa shape index (κ3) is 3.51. The molecule has 6 nitrogen and oxygen atoms in total. The number of hydrogen-bond donors (Lipinski definition) is 1. The number of nitrogen functional groups attached to an aromatic ring is 1. The van der Waals surface area contributed by atoms with Gasteiger partial charge in [0, 0.05) is 24.7 Å². The highest BCUT2D eigenvalue weighted by Crippen LogP contribution is 2.25. The van der Waals surface area contributed by atoms with Crippen LogP contribution in [0, 0.1) is 16.0 Å². The van der Waals surface area contributed by atoms with Crippen LogP contribution in [0.4, 0.5) is 11.4 Å². The predicted octanol–water partition coefficient (Wildman–Crippen LogP) is 2.83. The van der Waals surface area contributed by atoms with Gasteiger partial charge in [-0.15, -0.1) is 0 Å². The monoisotopic (exact) mass is 291 g/mol. The Bertz CT molecular complexity index is 545. The number of carbonyl (C=O) groups is 1. The SMILES string of the molecule is CCC1CCCN(C(=O)c2ccc([N+](=O)[O-])c(N)c2)CC1. The molecular formula is C15H21N3O3. The minimum absolute atomic E-state index is 0.0344. The molecule has 0 radical (unpaired) electrons. The molecule has 6 heteroatoms. The number of nitro groups is 1. The van der Waals surface area contributed by atoms with E-state index in [9.17, 15) is 14.9 Å². The van der Waals surface area contributed by atoms with E-state index in [0.29, 0.717) is 11.5 Å². The first-order chi connectivity index (χ1) is 10.0. The summed E-state index contributed by atoms with van der Waals surface area (Å²) in [6.07, 6.45) is 4.33. The summed E-state index contributed by atoms with van der Waals surface area (Å²) < 4.78 is 0. The Labute approximate surface area is 124 Å². The summed E-state index contributed by atoms with van der Waals surface area (Å²) in [5.41, 5.74) is 5.95. The molecule has 0 bridgehead atoms. The van der Waals surface area contributed by atoms with Gasteiger partial charge in [-0.25, -0.2) is 0 Å². The van der Waals surface area contributed by atoms with Crippen LogP contribution in [0.15, 0.2) is 18.2 Å². The third-order valence-electron chi connectivity index (χ3n) is 4.18. The average Bonchev–Trinajstić information content (AvgIpc) is 2.71. The normalized spacial score (nSPS) is 19.1. The topological polar surface area (TPSA) is 89.5 Å². The largest absolute Gasteiger partial charge is 0.393 e. The number of nitrogens with zero attached hydrogens (tertiary/aromatic N) is 2. The van der Waals surface area contributed by atoms with E-state index >= 15 is 0 Å². The Balaban J connectivity index is 2.12. The third-order valence-corrected chi connectivity index (χ3v) is 4.18. The number of nitro benzene ring substituents is 1. The summed E-state index contributed by atoms with van der Waals surface area (Å²) in [4.78, 5) is 24.5. The van der Waals surface area contributed by atoms with E-state index in [4.69, 9.17) is 5.73 Å². The molecule has 1 heterocycles. The standard InChI is InChI=1S/C15H21N3O3/c1-2-11-4-3-8-17(9-7-11)15(19)12-5-6-14(18(20)21)13(16)10-12/h5-6,10-11H,2-4,7-9,16H2,1H3. The molecule has 0 aromatic heterocycles. The molecule has 114 valence electrons. The van der Waals surface area contributed by atoms with Gasteiger partial charge in [0.15, 0.2) is 0 Å². The zero-order valence-electron chi connectivity index (χ0n) is 12.2. The van der Waals surface area contributed by atoms with E-state index in [0.717, 1.165) is 38.8 Å². The highest BCUT2D eigenvalue weighted by molar-refractivity contribution is 5.95. The number of hydrogen-bond acceptors (Lipinski definition) is 4. The van der Waals surface area contributed by atoms with E-state index in [2.05, 4.69) is 6.92 Å². The van der Waals surface area contributed by atoms with Crippen molar-refractivity contribution in [2.75, 3.05) is 18.8 Å². The van der Waals surface area contributed by atoms with Gasteiger partial charge in [-0.2, -0.15) is 0 Å². The summed E-state index contributed by atoms with van der Waals surface area (Å²) in [6, 6.07) is 4.19. The second kappa shape index (κ2) is 6.56. The van der Waals surface area contributed by atoms with Crippen LogP contribution in [0.25, 0.3) is 0 Å². The van der Waals surface area contributed by atoms with Crippen LogP contribution < -0.4 is 5.73 Å². The molecule has 2 N–H and O–H groups in total. The van der Waals surface area contributed by atoms with Crippen LogP contribution in [0.3, 0.4) is 0 Å². The lowest BCUT2D eigenvalue weighted by Crippen LogP contribution is -2.32. The van der Waals surface area contributed by atoms with Crippen molar-refractivity contribution in [2.24, 2.45) is 5.92 Å². The maximum Gasteiger partial charge on any atom is 0.292 e. The molecular weight excluding hydrogens is 270 g/mol. The lowest BCUT2D eigenvalue weighted by Gasteiger charge is -2.20. The molecule has 1 saturated heterocycles. The van der Waals surface area contributed by atoms with Crippen molar-refractivity contribution in [3.63, 3.8) is 0 Å². The van der Waals surface area contributed by atoms with Gasteiger partial charge in [0.25, 0.3) is 11.6 Å². The van der Waals surface area contributed by atoms with E-state index in [-0.39, 0.29) is 17.3 Å². The summed E-state index contributed by atoms with van der Waals surface area (Å²) >= 11 is 0. The maximum atomic E-state index is 12.5. The fourth-order valence-electron chi connectivity index (χ4n) is 2.81. The summed E-state index contributed by atoms with van der Waals surface area (Å²) in [5.74, 6) is 0.595. The Hall–Kier alpha value is -2.11. The average molecular weight is 291 g/mol. The van der Waals surface area contributed by atoms with Crippen molar-refractivity contribution < 1.29 is 9.72 Å². The highest BCUT2D eigenvalue weighted by Gasteiger charge is 2.22. The first-order valence-electron chi connectivity index (χ1n) is 7.36. The number of nitrogens with two attached hydrogens (primary N) is 1. The molecule has 0 aliphatic carbocycles. The molecule has 1 aromatic rings. The van der Waals surface area contributed by atoms with Gasteiger partial charge < -0.3 is 10.6 Å². The second-order valence-electron chi connectivity index (χ2n) is 5.53. The zero-order chi connectivity index (χ0) is 15.4. The van der Waals surface area contributed by atoms with E-state index in [1.807, 2.05) is 4.90 Å². The molecule has 1 aliphatic heterocycles. The molecule has 1 aromatic carbocycles. The minimum atomic E-state index is -0.540. The van der Waals surface area contributed by atoms with Gasteiger partial charge in [0.2, 0.25) is 0 Å². The van der Waals surface area contributed by atoms with Gasteiger partial charge in [-0.1, -0.05) is 13.3 Å². The highest BCUT2D eigenvalue weighted by atomic mass is 16.6. The van der Waals surface area contributed by atoms with Crippen molar-refractivity contribution in [2.45, 2.75) is 32.6 Å². The predicted molar refractivity (Wildman–Crippen MR) is 81.0 cm³/mol. The molecule has 1 atom stereocenters. The molecule has 2 rings (SSSR count). The Morgan fingerprint density at radius 3 is 2.81 bits per heavy atom. The summed E-state index contributed by atoms with van der Waals surface area (Å²) in [6.45, 7) is 3.67. The van der Waals surface area contributed by atoms with Crippen LogP contribution in [0.5, 0.6) is 0 Å². The molecule has 1 unspecified atom stereocenters. The number of anilines is 1. The molecule has 1 aliphatic rings. The number of benzene rings is 1. The van der Waals surface area contributed by atoms with Crippen LogP contribution in [0.2, 0.25) is 0 Å². The van der Waals surface area contributed by atoms with Crippen molar-refractivity contribution in [3.05, 3.63) is 33.9 Å². The zero-order valence-corrected chi connectivity index (χ0v) is 12.2. The van der Waals surface area contributed by atoms with Crippen molar-refractivity contribution in [1.29, 1.82) is 0 Å². The first-order valence-corrected chi connectivity index (χ1v) is 7.36. The maximum absolute atomic E-state index is 12.5. The number of likely N-dealkylation sites (tertiary alicyclic amines) is 1. The van der Waals surface area contributed by atoms with Gasteiger partial charge in [-0.05, 0) is 37.3 Å². The number of rotatable bonds is 3. The lowest BCUT2D eigenvalue weighted by molar-refractivity contribution is -0.383. The Morgan fingerprint density at radius 1 is 1.43 bits per heavy atom. The number of amides is 1. The van der Waals surface area contributed by atoms with Crippen molar-refractivity contribution in [1.82, 2.24) is 4.90 Å². The van der Waals surface area contributed by atoms with E-state index < -0.39 is 4.92 Å². The molecule has 0 saturated carbocycles. The quantitative estimate of drug-likeness (QED) is 0.527. The number of carbonyl (C=O) groups excluding carboxylic acids is 1. The smallest absolute Gasteiger partial charge is 0.292 e. The Morgan fingerprint density at radius 2 is 2.19 bits per heavy atom. The van der Waals surface area contributed by atoms with Gasteiger partial charge in [0.1, 0.15) is 5.69 Å². The summed E-state index contributed by atoms with van der Waals surface area (Å²) in [7, 11) is 0. The molecule has 1 fully saturated rings. The van der Waals surface area contributed by atoms with Gasteiger partial charge in [0.05, 0.1) is 4.92 Å². The van der Waals surface area contributed by atoms with Crippen LogP contribution in [0.1, 0.15) is 43.0 Å². The molecule has 0 spiro atoms. The first kappa shape index (κ1) is 15.3. The molecule has 1 amide bonds. The van der Waals surface area contributed by atoms with E-state index in [1.165, 1.54) is 18.2 Å². The molecule has 21 heavy (non-hydrogen) atoms. The van der Waals surface area contributed by atoms with Crippen molar-refractivity contribution in [3.8, 4) is 0 Å². The van der Waals surface area contributed by atoms with Crippen LogP contribution >= 0.6 is 0 Å². The van der Waals surface area contributed by atoms with Crippen LogP contribution in [-0.2, 0) is 0 Å².